The maximum absolute atomic E-state index is 5.94. The highest BCUT2D eigenvalue weighted by Crippen LogP contribution is 2.24. The van der Waals surface area contributed by atoms with Gasteiger partial charge in [-0.05, 0) is 30.0 Å². The van der Waals surface area contributed by atoms with Gasteiger partial charge >= 0.3 is 0 Å². The van der Waals surface area contributed by atoms with E-state index in [0.717, 1.165) is 18.4 Å². The molecule has 0 saturated heterocycles. The molecule has 0 amide bonds. The summed E-state index contributed by atoms with van der Waals surface area (Å²) in [6.45, 7) is 3.99. The Kier molecular flexibility index (Phi) is 9.45. The Bertz CT molecular complexity index is 248. The summed E-state index contributed by atoms with van der Waals surface area (Å²) in [6.07, 6.45) is 1.66. The van der Waals surface area contributed by atoms with E-state index in [-0.39, 0.29) is 18.2 Å². The third-order valence-corrected chi connectivity index (χ3v) is 2.69. The first-order chi connectivity index (χ1) is 6.32. The molecule has 0 saturated carbocycles. The molecule has 15 heavy (non-hydrogen) atoms. The van der Waals surface area contributed by atoms with Gasteiger partial charge in [-0.15, -0.1) is 0 Å². The molecule has 0 aliphatic rings. The van der Waals surface area contributed by atoms with E-state index in [1.165, 1.54) is 0 Å². The van der Waals surface area contributed by atoms with Crippen LogP contribution in [0.5, 0.6) is 0 Å². The molecule has 0 rings (SSSR count). The Balaban J connectivity index is 0. The van der Waals surface area contributed by atoms with Gasteiger partial charge in [-0.1, -0.05) is 48.7 Å². The fourth-order valence-corrected chi connectivity index (χ4v) is 1.35. The van der Waals surface area contributed by atoms with Gasteiger partial charge in [-0.3, -0.25) is 5.73 Å². The molecule has 0 aromatic carbocycles. The van der Waals surface area contributed by atoms with Gasteiger partial charge in [0.1, 0.15) is 0 Å². The highest BCUT2D eigenvalue weighted by atomic mass is 35.6. The zero-order chi connectivity index (χ0) is 11.4. The fourth-order valence-electron chi connectivity index (χ4n) is 0.838. The van der Waals surface area contributed by atoms with Gasteiger partial charge in [0.05, 0.1) is 0 Å². The molecule has 0 atom stereocenters. The molecule has 0 fully saturated rings. The molecule has 0 heterocycles. The number of nitrogens with two attached hydrogens (primary N) is 1. The predicted molar refractivity (Wildman–Crippen MR) is 63.9 cm³/mol. The van der Waals surface area contributed by atoms with Crippen molar-refractivity contribution < 1.29 is 17.4 Å². The van der Waals surface area contributed by atoms with Crippen LogP contribution in [0.1, 0.15) is 26.7 Å². The van der Waals surface area contributed by atoms with E-state index in [1.807, 2.05) is 13.8 Å². The maximum Gasteiger partial charge on any atom is 0.299 e. The quantitative estimate of drug-likeness (QED) is 0.300. The number of rotatable bonds is 3. The van der Waals surface area contributed by atoms with Crippen LogP contribution in [0.25, 0.3) is 0 Å². The third-order valence-electron chi connectivity index (χ3n) is 1.71. The fraction of sp³-hybridized carbons (Fsp3) is 0.625. The predicted octanol–water partition coefficient (Wildman–Crippen LogP) is -0.931. The van der Waals surface area contributed by atoms with E-state index in [0.29, 0.717) is 5.16 Å². The van der Waals surface area contributed by atoms with Crippen LogP contribution in [0, 0.1) is 0 Å². The molecular formula is C8H13Cl5N2. The number of amidine groups is 1. The van der Waals surface area contributed by atoms with E-state index < -0.39 is 3.79 Å². The highest BCUT2D eigenvalue weighted by Gasteiger charge is 2.31. The van der Waals surface area contributed by atoms with Crippen LogP contribution in [0.2, 0.25) is 0 Å². The first-order valence-corrected chi connectivity index (χ1v) is 5.68. The van der Waals surface area contributed by atoms with Gasteiger partial charge in [-0.2, -0.15) is 0 Å². The minimum Gasteiger partial charge on any atom is -1.00 e. The van der Waals surface area contributed by atoms with Crippen molar-refractivity contribution in [3.8, 4) is 0 Å². The zero-order valence-corrected chi connectivity index (χ0v) is 12.2. The average molecular weight is 314 g/mol. The van der Waals surface area contributed by atoms with Crippen molar-refractivity contribution >= 4 is 52.2 Å². The van der Waals surface area contributed by atoms with Crippen LogP contribution in [0.4, 0.5) is 0 Å². The molecule has 0 aromatic rings. The first-order valence-electron chi connectivity index (χ1n) is 4.17. The Morgan fingerprint density at radius 3 is 1.87 bits per heavy atom. The summed E-state index contributed by atoms with van der Waals surface area (Å²) in [4.78, 5) is 2.67. The molecule has 90 valence electrons. The topological polar surface area (TPSA) is 40.0 Å². The molecule has 0 spiro atoms. The molecule has 0 aliphatic carbocycles. The number of alkyl halides is 3. The first kappa shape index (κ1) is 18.0. The number of halogens is 5. The molecule has 0 aliphatic heterocycles. The van der Waals surface area contributed by atoms with Crippen molar-refractivity contribution in [3.05, 3.63) is 10.7 Å². The van der Waals surface area contributed by atoms with E-state index in [1.54, 1.807) is 0 Å². The second-order valence-corrected chi connectivity index (χ2v) is 5.32. The summed E-state index contributed by atoms with van der Waals surface area (Å²) in [6, 6.07) is 0. The van der Waals surface area contributed by atoms with Gasteiger partial charge in [0, 0.05) is 0 Å². The molecular weight excluding hydrogens is 301 g/mol. The normalized spacial score (nSPS) is 12.0. The van der Waals surface area contributed by atoms with Gasteiger partial charge < -0.3 is 12.4 Å². The second kappa shape index (κ2) is 7.86. The summed E-state index contributed by atoms with van der Waals surface area (Å²) in [5.41, 5.74) is 6.52. The van der Waals surface area contributed by atoms with Crippen LogP contribution in [0.3, 0.4) is 0 Å². The minimum absolute atomic E-state index is 0. The van der Waals surface area contributed by atoms with Gasteiger partial charge in [-0.25, -0.2) is 4.99 Å². The summed E-state index contributed by atoms with van der Waals surface area (Å²) >= 11 is 22.6. The van der Waals surface area contributed by atoms with Crippen LogP contribution in [-0.2, 0) is 0 Å². The minimum atomic E-state index is -1.65. The van der Waals surface area contributed by atoms with Crippen molar-refractivity contribution in [1.82, 2.24) is 0 Å². The summed E-state index contributed by atoms with van der Waals surface area (Å²) in [5.74, 6) is 0.00639. The zero-order valence-electron chi connectivity index (χ0n) is 8.38. The van der Waals surface area contributed by atoms with Gasteiger partial charge in [0.2, 0.25) is 0 Å². The van der Waals surface area contributed by atoms with Crippen LogP contribution < -0.4 is 23.1 Å². The van der Waals surface area contributed by atoms with Gasteiger partial charge in [0.15, 0.2) is 5.16 Å². The van der Waals surface area contributed by atoms with Crippen molar-refractivity contribution in [2.24, 2.45) is 5.73 Å². The highest BCUT2D eigenvalue weighted by molar-refractivity contribution is 6.76. The number of nitrogens with one attached hydrogen (secondary N) is 1. The summed E-state index contributed by atoms with van der Waals surface area (Å²) in [7, 11) is 0. The SMILES string of the molecule is CCC(CC)=C(Cl)/[NH+]=C(/N)C(Cl)(Cl)Cl.[Cl-]. The Morgan fingerprint density at radius 1 is 1.20 bits per heavy atom. The van der Waals surface area contributed by atoms with Crippen LogP contribution in [0.15, 0.2) is 10.7 Å². The third kappa shape index (κ3) is 6.75. The Labute approximate surface area is 116 Å². The number of hydrogen-bond acceptors (Lipinski definition) is 0. The monoisotopic (exact) mass is 312 g/mol. The molecule has 3 N–H and O–H groups in total. The van der Waals surface area contributed by atoms with E-state index in [2.05, 4.69) is 4.99 Å². The van der Waals surface area contributed by atoms with Crippen molar-refractivity contribution in [1.29, 1.82) is 0 Å². The standard InChI is InChI=1S/C8H12Cl4N2.ClH/c1-3-5(4-2)6(9)14-7(13)8(10,11)12;/h3-4H2,1-2H3,(H2,13,14);1H. The summed E-state index contributed by atoms with van der Waals surface area (Å²) < 4.78 is -1.65. The van der Waals surface area contributed by atoms with E-state index >= 15 is 0 Å². The Hall–Kier alpha value is 0.660. The average Bonchev–Trinajstić information content (AvgIpc) is 2.04. The lowest BCUT2D eigenvalue weighted by atomic mass is 10.2. The molecule has 0 aromatic heterocycles. The molecule has 0 radical (unpaired) electrons. The van der Waals surface area contributed by atoms with E-state index in [4.69, 9.17) is 52.1 Å². The number of allylic oxidation sites excluding steroid dienone is 1. The molecule has 0 unspecified atom stereocenters. The van der Waals surface area contributed by atoms with Crippen molar-refractivity contribution in [2.45, 2.75) is 30.5 Å². The summed E-state index contributed by atoms with van der Waals surface area (Å²) in [5, 5.41) is 0.429. The lowest BCUT2D eigenvalue weighted by Gasteiger charge is -2.05. The maximum atomic E-state index is 5.94. The lowest BCUT2D eigenvalue weighted by molar-refractivity contribution is -0.387. The van der Waals surface area contributed by atoms with Crippen LogP contribution >= 0.6 is 46.4 Å². The smallest absolute Gasteiger partial charge is 0.299 e. The molecule has 2 nitrogen and oxygen atoms in total. The van der Waals surface area contributed by atoms with Crippen molar-refractivity contribution in [2.75, 3.05) is 0 Å². The van der Waals surface area contributed by atoms with E-state index in [9.17, 15) is 0 Å². The Morgan fingerprint density at radius 2 is 1.60 bits per heavy atom. The van der Waals surface area contributed by atoms with Gasteiger partial charge in [0.25, 0.3) is 9.63 Å². The second-order valence-electron chi connectivity index (χ2n) is 2.66. The largest absolute Gasteiger partial charge is 1.00 e. The lowest BCUT2D eigenvalue weighted by Crippen LogP contribution is -3.00. The number of hydrogen-bond donors (Lipinski definition) is 2. The van der Waals surface area contributed by atoms with Crippen molar-refractivity contribution in [3.63, 3.8) is 0 Å². The molecule has 0 bridgehead atoms. The van der Waals surface area contributed by atoms with Crippen LogP contribution in [-0.4, -0.2) is 9.63 Å². The molecule has 7 heteroatoms.